The van der Waals surface area contributed by atoms with Crippen molar-refractivity contribution >= 4 is 16.7 Å². The van der Waals surface area contributed by atoms with Crippen molar-refractivity contribution in [2.24, 2.45) is 0 Å². The molecule has 4 aromatic rings. The molecule has 0 spiro atoms. The van der Waals surface area contributed by atoms with Gasteiger partial charge < -0.3 is 14.3 Å². The number of benzene rings is 3. The minimum Gasteiger partial charge on any atom is -0.508 e. The maximum absolute atomic E-state index is 9.92. The molecule has 32 heavy (non-hydrogen) atoms. The van der Waals surface area contributed by atoms with E-state index in [9.17, 15) is 5.11 Å². The molecule has 0 amide bonds. The van der Waals surface area contributed by atoms with Crippen LogP contribution in [0.1, 0.15) is 6.92 Å². The van der Waals surface area contributed by atoms with E-state index in [1.807, 2.05) is 67.6 Å². The van der Waals surface area contributed by atoms with Gasteiger partial charge >= 0.3 is 0 Å². The first kappa shape index (κ1) is 23.3. The fraction of sp³-hybridized carbons (Fsp3) is 0.0870. The molecular formula is C23H20ClNO7. The van der Waals surface area contributed by atoms with Crippen molar-refractivity contribution in [3.63, 3.8) is 0 Å². The second-order valence-electron chi connectivity index (χ2n) is 6.53. The number of aromatic hydroxyl groups is 1. The number of nitrogens with one attached hydrogen (secondary N) is 1. The normalized spacial score (nSPS) is 11.7. The van der Waals surface area contributed by atoms with Crippen LogP contribution in [-0.2, 0) is 0 Å². The molecule has 0 fully saturated rings. The van der Waals surface area contributed by atoms with Crippen LogP contribution in [0, 0.1) is 10.2 Å². The average molecular weight is 458 g/mol. The zero-order valence-electron chi connectivity index (χ0n) is 17.0. The van der Waals surface area contributed by atoms with E-state index in [0.717, 1.165) is 33.5 Å². The molecule has 8 nitrogen and oxygen atoms in total. The van der Waals surface area contributed by atoms with Gasteiger partial charge in [-0.3, -0.25) is 0 Å². The Morgan fingerprint density at radius 2 is 1.56 bits per heavy atom. The zero-order valence-corrected chi connectivity index (χ0v) is 17.7. The van der Waals surface area contributed by atoms with Gasteiger partial charge in [0.1, 0.15) is 22.8 Å². The quantitative estimate of drug-likeness (QED) is 0.389. The molecule has 0 bridgehead atoms. The first-order chi connectivity index (χ1) is 15.2. The number of rotatable bonds is 4. The maximum atomic E-state index is 9.92. The largest absolute Gasteiger partial charge is 0.508 e. The fourth-order valence-electron chi connectivity index (χ4n) is 2.98. The zero-order chi connectivity index (χ0) is 23.1. The third-order valence-electron chi connectivity index (χ3n) is 4.25. The average Bonchev–Trinajstić information content (AvgIpc) is 2.75. The van der Waals surface area contributed by atoms with E-state index in [4.69, 9.17) is 27.8 Å². The molecule has 2 N–H and O–H groups in total. The monoisotopic (exact) mass is 457 g/mol. The van der Waals surface area contributed by atoms with E-state index in [1.165, 1.54) is 0 Å². The number of ether oxygens (including phenoxy) is 1. The minimum atomic E-state index is -4.94. The highest BCUT2D eigenvalue weighted by atomic mass is 35.7. The van der Waals surface area contributed by atoms with Crippen LogP contribution in [0.15, 0.2) is 83.3 Å². The Balaban J connectivity index is 0.000000523. The van der Waals surface area contributed by atoms with Gasteiger partial charge in [0.2, 0.25) is 11.0 Å². The van der Waals surface area contributed by atoms with Gasteiger partial charge in [-0.05, 0) is 37.3 Å². The van der Waals surface area contributed by atoms with E-state index >= 15 is 0 Å². The molecule has 9 heteroatoms. The molecule has 0 saturated carbocycles. The maximum Gasteiger partial charge on any atom is 0.218 e. The summed E-state index contributed by atoms with van der Waals surface area (Å²) in [6.45, 7) is 2.60. The SMILES string of the molecule is CCOc1ccc([NH+]=c2cc(-c3ccccc3)oc3ccc(O)cc23)cc1.[O-][Cl+3]([O-])([O-])[O-]. The Hall–Kier alpha value is -3.40. The van der Waals surface area contributed by atoms with Crippen molar-refractivity contribution < 1.29 is 48.1 Å². The van der Waals surface area contributed by atoms with Crippen molar-refractivity contribution in [2.75, 3.05) is 6.61 Å². The number of hydrogen-bond donors (Lipinski definition) is 2. The summed E-state index contributed by atoms with van der Waals surface area (Å²) in [7, 11) is -4.94. The van der Waals surface area contributed by atoms with E-state index < -0.39 is 10.2 Å². The topological polar surface area (TPSA) is 149 Å². The van der Waals surface area contributed by atoms with Crippen molar-refractivity contribution in [1.29, 1.82) is 0 Å². The molecule has 0 aliphatic heterocycles. The van der Waals surface area contributed by atoms with Crippen molar-refractivity contribution in [3.8, 4) is 22.8 Å². The summed E-state index contributed by atoms with van der Waals surface area (Å²) >= 11 is 0. The Labute approximate surface area is 185 Å². The third-order valence-corrected chi connectivity index (χ3v) is 4.25. The van der Waals surface area contributed by atoms with Crippen LogP contribution in [0.3, 0.4) is 0 Å². The molecule has 3 aromatic carbocycles. The van der Waals surface area contributed by atoms with Gasteiger partial charge in [-0.25, -0.2) is 23.6 Å². The van der Waals surface area contributed by atoms with Gasteiger partial charge in [-0.1, -0.05) is 30.3 Å². The van der Waals surface area contributed by atoms with E-state index in [0.29, 0.717) is 12.2 Å². The van der Waals surface area contributed by atoms with Crippen LogP contribution >= 0.6 is 0 Å². The van der Waals surface area contributed by atoms with Crippen LogP contribution in [0.4, 0.5) is 5.69 Å². The Morgan fingerprint density at radius 3 is 2.19 bits per heavy atom. The molecule has 0 unspecified atom stereocenters. The Kier molecular flexibility index (Phi) is 7.47. The lowest BCUT2D eigenvalue weighted by Crippen LogP contribution is -2.70. The number of phenolic OH excluding ortho intramolecular Hbond substituents is 1. The highest BCUT2D eigenvalue weighted by Crippen LogP contribution is 2.23. The van der Waals surface area contributed by atoms with Gasteiger partial charge in [0.15, 0.2) is 0 Å². The van der Waals surface area contributed by atoms with Crippen LogP contribution in [0.2, 0.25) is 0 Å². The number of phenols is 1. The van der Waals surface area contributed by atoms with Gasteiger partial charge in [0.25, 0.3) is 0 Å². The van der Waals surface area contributed by atoms with Crippen LogP contribution in [-0.4, -0.2) is 11.7 Å². The van der Waals surface area contributed by atoms with Crippen molar-refractivity contribution in [3.05, 3.63) is 84.2 Å². The Bertz CT molecular complexity index is 1230. The predicted octanol–water partition coefficient (Wildman–Crippen LogP) is -1.24. The second-order valence-corrected chi connectivity index (χ2v) is 7.29. The summed E-state index contributed by atoms with van der Waals surface area (Å²) in [5.41, 5.74) is 2.61. The molecule has 4 rings (SSSR count). The fourth-order valence-corrected chi connectivity index (χ4v) is 2.98. The van der Waals surface area contributed by atoms with Crippen molar-refractivity contribution in [1.82, 2.24) is 0 Å². The highest BCUT2D eigenvalue weighted by molar-refractivity contribution is 5.79. The molecule has 1 aromatic heterocycles. The molecule has 0 radical (unpaired) electrons. The second kappa shape index (κ2) is 10.3. The molecule has 0 atom stereocenters. The van der Waals surface area contributed by atoms with Crippen molar-refractivity contribution in [2.45, 2.75) is 6.92 Å². The summed E-state index contributed by atoms with van der Waals surface area (Å²) in [5, 5.41) is 11.6. The first-order valence-electron chi connectivity index (χ1n) is 9.50. The summed E-state index contributed by atoms with van der Waals surface area (Å²) in [6, 6.07) is 24.8. The summed E-state index contributed by atoms with van der Waals surface area (Å²) in [6.07, 6.45) is 0. The Morgan fingerprint density at radius 1 is 0.906 bits per heavy atom. The van der Waals surface area contributed by atoms with Gasteiger partial charge in [0.05, 0.1) is 18.1 Å². The summed E-state index contributed by atoms with van der Waals surface area (Å²) in [4.78, 5) is 3.43. The minimum absolute atomic E-state index is 0.194. The lowest BCUT2D eigenvalue weighted by Gasteiger charge is -2.17. The van der Waals surface area contributed by atoms with Gasteiger partial charge in [-0.2, -0.15) is 0 Å². The van der Waals surface area contributed by atoms with E-state index in [-0.39, 0.29) is 5.75 Å². The molecule has 0 saturated heterocycles. The van der Waals surface area contributed by atoms with Crippen LogP contribution < -0.4 is 33.7 Å². The molecule has 1 heterocycles. The molecular weight excluding hydrogens is 438 g/mol. The molecule has 0 aliphatic carbocycles. The highest BCUT2D eigenvalue weighted by Gasteiger charge is 2.10. The van der Waals surface area contributed by atoms with E-state index in [1.54, 1.807) is 18.2 Å². The number of hydrogen-bond acceptors (Lipinski definition) is 7. The van der Waals surface area contributed by atoms with Crippen LogP contribution in [0.5, 0.6) is 11.5 Å². The number of fused-ring (bicyclic) bond motifs is 1. The number of halogens is 1. The summed E-state index contributed by atoms with van der Waals surface area (Å²) < 4.78 is 45.5. The standard InChI is InChI=1S/C23H19NO3.ClHO4/c1-2-26-19-11-8-17(9-12-19)24-21-15-23(16-6-4-3-5-7-16)27-22-13-10-18(25)14-20(21)22;2-1(3,4)5/h3-15,25H,2H2,1H3;(H,2,3,4,5). The third kappa shape index (κ3) is 6.81. The smallest absolute Gasteiger partial charge is 0.218 e. The first-order valence-corrected chi connectivity index (χ1v) is 10.7. The van der Waals surface area contributed by atoms with Gasteiger partial charge in [0, 0.05) is 17.7 Å². The van der Waals surface area contributed by atoms with Crippen LogP contribution in [0.25, 0.3) is 22.3 Å². The predicted molar refractivity (Wildman–Crippen MR) is 105 cm³/mol. The lowest BCUT2D eigenvalue weighted by molar-refractivity contribution is -2.00. The summed E-state index contributed by atoms with van der Waals surface area (Å²) in [5.74, 6) is 1.78. The molecule has 166 valence electrons. The van der Waals surface area contributed by atoms with Gasteiger partial charge in [-0.15, -0.1) is 10.2 Å². The van der Waals surface area contributed by atoms with E-state index in [2.05, 4.69) is 4.99 Å². The molecule has 0 aliphatic rings. The lowest BCUT2D eigenvalue weighted by atomic mass is 10.1.